The summed E-state index contributed by atoms with van der Waals surface area (Å²) in [6.45, 7) is 3.47. The topological polar surface area (TPSA) is 70.2 Å². The summed E-state index contributed by atoms with van der Waals surface area (Å²) in [5.74, 6) is 0.737. The molecule has 3 aromatic rings. The molecule has 1 aromatic heterocycles. The number of ether oxygens (including phenoxy) is 1. The van der Waals surface area contributed by atoms with Crippen LogP contribution in [-0.2, 0) is 4.74 Å². The zero-order chi connectivity index (χ0) is 19.3. The van der Waals surface area contributed by atoms with Crippen LogP contribution in [0.4, 0.5) is 4.79 Å². The van der Waals surface area contributed by atoms with Crippen LogP contribution >= 0.6 is 0 Å². The fraction of sp³-hybridized carbons (Fsp3) is 0.273. The Bertz CT molecular complexity index is 911. The van der Waals surface area contributed by atoms with Gasteiger partial charge in [-0.3, -0.25) is 0 Å². The van der Waals surface area contributed by atoms with Gasteiger partial charge in [0.1, 0.15) is 11.9 Å². The zero-order valence-electron chi connectivity index (χ0n) is 15.8. The second kappa shape index (κ2) is 8.27. The summed E-state index contributed by atoms with van der Waals surface area (Å²) in [4.78, 5) is 22.6. The van der Waals surface area contributed by atoms with Crippen LogP contribution in [0.2, 0.25) is 0 Å². The van der Waals surface area contributed by atoms with Gasteiger partial charge in [-0.15, -0.1) is 0 Å². The smallest absolute Gasteiger partial charge is 0.318 e. The fourth-order valence-electron chi connectivity index (χ4n) is 3.44. The number of morpholine rings is 1. The van der Waals surface area contributed by atoms with Crippen molar-refractivity contribution in [1.29, 1.82) is 0 Å². The molecule has 0 spiro atoms. The molecule has 1 saturated heterocycles. The van der Waals surface area contributed by atoms with Crippen LogP contribution in [0.3, 0.4) is 0 Å². The van der Waals surface area contributed by atoms with Gasteiger partial charge in [0.05, 0.1) is 31.1 Å². The number of aromatic nitrogens is 2. The molecule has 28 heavy (non-hydrogen) atoms. The number of nitrogens with one attached hydrogen (secondary N) is 2. The van der Waals surface area contributed by atoms with E-state index in [1.54, 1.807) is 4.90 Å². The van der Waals surface area contributed by atoms with E-state index in [9.17, 15) is 4.79 Å². The van der Waals surface area contributed by atoms with Gasteiger partial charge in [-0.2, -0.15) is 0 Å². The number of imidazole rings is 1. The first-order valence-corrected chi connectivity index (χ1v) is 9.52. The standard InChI is InChI=1S/C22H24N4O2/c1-16(17-8-4-2-5-9-17)24-22(27)26-12-13-28-15-20(26)21-23-14-19(25-21)18-10-6-3-7-11-18/h2-11,14,16,20H,12-13,15H2,1H3,(H,23,25)(H,24,27)/t16-,20+/m1/s1. The number of aromatic amines is 1. The van der Waals surface area contributed by atoms with Crippen molar-refractivity contribution in [3.05, 3.63) is 78.2 Å². The first-order chi connectivity index (χ1) is 13.7. The van der Waals surface area contributed by atoms with Gasteiger partial charge in [0, 0.05) is 6.54 Å². The minimum absolute atomic E-state index is 0.0753. The molecule has 2 amide bonds. The van der Waals surface area contributed by atoms with Gasteiger partial charge in [0.25, 0.3) is 0 Å². The van der Waals surface area contributed by atoms with Crippen LogP contribution in [0.1, 0.15) is 30.4 Å². The van der Waals surface area contributed by atoms with E-state index < -0.39 is 0 Å². The van der Waals surface area contributed by atoms with Crippen molar-refractivity contribution in [3.63, 3.8) is 0 Å². The van der Waals surface area contributed by atoms with Gasteiger partial charge in [-0.25, -0.2) is 9.78 Å². The molecular formula is C22H24N4O2. The molecule has 6 nitrogen and oxygen atoms in total. The monoisotopic (exact) mass is 376 g/mol. The molecule has 2 heterocycles. The van der Waals surface area contributed by atoms with Crippen molar-refractivity contribution in [2.45, 2.75) is 19.0 Å². The average molecular weight is 376 g/mol. The third-order valence-corrected chi connectivity index (χ3v) is 5.02. The van der Waals surface area contributed by atoms with Crippen LogP contribution in [0.25, 0.3) is 11.3 Å². The summed E-state index contributed by atoms with van der Waals surface area (Å²) in [7, 11) is 0. The van der Waals surface area contributed by atoms with Gasteiger partial charge < -0.3 is 19.9 Å². The Hall–Kier alpha value is -3.12. The Kier molecular flexibility index (Phi) is 5.39. The average Bonchev–Trinajstić information content (AvgIpc) is 3.25. The number of H-pyrrole nitrogens is 1. The first kappa shape index (κ1) is 18.3. The molecule has 0 aliphatic carbocycles. The van der Waals surface area contributed by atoms with Crippen LogP contribution in [-0.4, -0.2) is 40.7 Å². The second-order valence-corrected chi connectivity index (χ2v) is 6.91. The van der Waals surface area contributed by atoms with Gasteiger partial charge >= 0.3 is 6.03 Å². The SMILES string of the molecule is C[C@@H](NC(=O)N1CCOC[C@H]1c1ncc(-c2ccccc2)[nH]1)c1ccccc1. The lowest BCUT2D eigenvalue weighted by atomic mass is 10.1. The van der Waals surface area contributed by atoms with Crippen molar-refractivity contribution < 1.29 is 9.53 Å². The van der Waals surface area contributed by atoms with Crippen molar-refractivity contribution in [3.8, 4) is 11.3 Å². The molecule has 0 unspecified atom stereocenters. The molecule has 1 fully saturated rings. The molecule has 2 aromatic carbocycles. The van der Waals surface area contributed by atoms with Crippen LogP contribution in [0, 0.1) is 0 Å². The van der Waals surface area contributed by atoms with E-state index in [0.717, 1.165) is 22.6 Å². The number of benzene rings is 2. The Morgan fingerprint density at radius 3 is 2.64 bits per heavy atom. The maximum atomic E-state index is 13.0. The Balaban J connectivity index is 1.50. The summed E-state index contributed by atoms with van der Waals surface area (Å²) >= 11 is 0. The molecule has 144 valence electrons. The van der Waals surface area contributed by atoms with E-state index in [-0.39, 0.29) is 18.1 Å². The number of hydrogen-bond donors (Lipinski definition) is 2. The number of urea groups is 1. The number of nitrogens with zero attached hydrogens (tertiary/aromatic N) is 2. The summed E-state index contributed by atoms with van der Waals surface area (Å²) in [5, 5.41) is 3.09. The fourth-order valence-corrected chi connectivity index (χ4v) is 3.44. The van der Waals surface area contributed by atoms with E-state index in [1.807, 2.05) is 73.8 Å². The van der Waals surface area contributed by atoms with E-state index in [1.165, 1.54) is 0 Å². The van der Waals surface area contributed by atoms with Gasteiger partial charge in [0.15, 0.2) is 0 Å². The lowest BCUT2D eigenvalue weighted by Gasteiger charge is -2.35. The van der Waals surface area contributed by atoms with Gasteiger partial charge in [-0.05, 0) is 18.1 Å². The minimum Gasteiger partial charge on any atom is -0.377 e. The van der Waals surface area contributed by atoms with Crippen LogP contribution in [0.15, 0.2) is 66.9 Å². The number of amides is 2. The predicted molar refractivity (Wildman–Crippen MR) is 108 cm³/mol. The molecule has 1 aliphatic heterocycles. The maximum absolute atomic E-state index is 13.0. The molecular weight excluding hydrogens is 352 g/mol. The normalized spacial score (nSPS) is 17.9. The number of rotatable bonds is 4. The molecule has 0 saturated carbocycles. The van der Waals surface area contributed by atoms with Gasteiger partial charge in [-0.1, -0.05) is 60.7 Å². The van der Waals surface area contributed by atoms with Gasteiger partial charge in [0.2, 0.25) is 0 Å². The second-order valence-electron chi connectivity index (χ2n) is 6.91. The highest BCUT2D eigenvalue weighted by Gasteiger charge is 2.31. The summed E-state index contributed by atoms with van der Waals surface area (Å²) < 4.78 is 5.64. The highest BCUT2D eigenvalue weighted by Crippen LogP contribution is 2.25. The molecule has 0 bridgehead atoms. The quantitative estimate of drug-likeness (QED) is 0.725. The van der Waals surface area contributed by atoms with Crippen LogP contribution in [0.5, 0.6) is 0 Å². The van der Waals surface area contributed by atoms with E-state index in [0.29, 0.717) is 19.8 Å². The number of hydrogen-bond acceptors (Lipinski definition) is 3. The Morgan fingerprint density at radius 2 is 1.89 bits per heavy atom. The lowest BCUT2D eigenvalue weighted by molar-refractivity contribution is 0.00840. The maximum Gasteiger partial charge on any atom is 0.318 e. The number of carbonyl (C=O) groups is 1. The molecule has 6 heteroatoms. The third kappa shape index (κ3) is 3.92. The van der Waals surface area contributed by atoms with Crippen molar-refractivity contribution >= 4 is 6.03 Å². The Labute approximate surface area is 164 Å². The zero-order valence-corrected chi connectivity index (χ0v) is 15.8. The van der Waals surface area contributed by atoms with Crippen molar-refractivity contribution in [2.75, 3.05) is 19.8 Å². The van der Waals surface area contributed by atoms with E-state index >= 15 is 0 Å². The van der Waals surface area contributed by atoms with E-state index in [2.05, 4.69) is 15.3 Å². The Morgan fingerprint density at radius 1 is 1.18 bits per heavy atom. The molecule has 2 N–H and O–H groups in total. The molecule has 1 aliphatic rings. The summed E-state index contributed by atoms with van der Waals surface area (Å²) in [6, 6.07) is 19.5. The van der Waals surface area contributed by atoms with Crippen LogP contribution < -0.4 is 5.32 Å². The third-order valence-electron chi connectivity index (χ3n) is 5.02. The molecule has 0 radical (unpaired) electrons. The molecule has 2 atom stereocenters. The molecule has 4 rings (SSSR count). The number of carbonyl (C=O) groups excluding carboxylic acids is 1. The summed E-state index contributed by atoms with van der Waals surface area (Å²) in [6.07, 6.45) is 1.81. The minimum atomic E-state index is -0.241. The first-order valence-electron chi connectivity index (χ1n) is 9.52. The highest BCUT2D eigenvalue weighted by atomic mass is 16.5. The predicted octanol–water partition coefficient (Wildman–Crippen LogP) is 3.92. The van der Waals surface area contributed by atoms with E-state index in [4.69, 9.17) is 4.74 Å². The lowest BCUT2D eigenvalue weighted by Crippen LogP contribution is -2.48. The van der Waals surface area contributed by atoms with Crippen molar-refractivity contribution in [2.24, 2.45) is 0 Å². The summed E-state index contributed by atoms with van der Waals surface area (Å²) in [5.41, 5.74) is 3.07. The highest BCUT2D eigenvalue weighted by molar-refractivity contribution is 5.75. The largest absolute Gasteiger partial charge is 0.377 e. The van der Waals surface area contributed by atoms with Crippen molar-refractivity contribution in [1.82, 2.24) is 20.2 Å².